The normalized spacial score (nSPS) is 19.4. The van der Waals surface area contributed by atoms with Gasteiger partial charge in [0.15, 0.2) is 0 Å². The van der Waals surface area contributed by atoms with Crippen molar-refractivity contribution in [1.82, 2.24) is 30.5 Å². The molecule has 0 radical (unpaired) electrons. The number of nitrogens with one attached hydrogen (secondary N) is 3. The van der Waals surface area contributed by atoms with E-state index in [2.05, 4.69) is 26.7 Å². The zero-order chi connectivity index (χ0) is 23.4. The van der Waals surface area contributed by atoms with E-state index in [0.717, 1.165) is 27.7 Å². The minimum absolute atomic E-state index is 0.152. The van der Waals surface area contributed by atoms with Gasteiger partial charge in [-0.25, -0.2) is 9.78 Å². The first kappa shape index (κ1) is 20.5. The molecule has 1 atom stereocenters. The molecule has 3 heterocycles. The molecule has 0 bridgehead atoms. The van der Waals surface area contributed by atoms with Crippen LogP contribution < -0.4 is 16.2 Å². The van der Waals surface area contributed by atoms with Gasteiger partial charge < -0.3 is 15.2 Å². The third kappa shape index (κ3) is 3.16. The molecular weight excluding hydrogens is 432 g/mol. The standard InChI is InChI=1S/C25H22N6O3/c1-31-24(34)30-23(33)25(31)10-15-8-14-6-7-17(27-20(14)9-16(15)11-25)12-26-13-21-28-19-5-3-2-4-18(19)22(32)29-21/h2-9,26H,10-13H2,1H3,(H,28,29,32)(H,30,33,34). The summed E-state index contributed by atoms with van der Waals surface area (Å²) in [5.41, 5.74) is 3.49. The van der Waals surface area contributed by atoms with Crippen LogP contribution >= 0.6 is 0 Å². The molecular formula is C25H22N6O3. The van der Waals surface area contributed by atoms with Crippen molar-refractivity contribution in [3.05, 3.63) is 81.5 Å². The summed E-state index contributed by atoms with van der Waals surface area (Å²) < 4.78 is 0. The summed E-state index contributed by atoms with van der Waals surface area (Å²) in [5.74, 6) is 0.333. The van der Waals surface area contributed by atoms with Crippen molar-refractivity contribution in [3.8, 4) is 0 Å². The summed E-state index contributed by atoms with van der Waals surface area (Å²) in [6.45, 7) is 0.912. The molecule has 1 spiro atoms. The molecule has 3 amide bonds. The van der Waals surface area contributed by atoms with Crippen LogP contribution in [0.3, 0.4) is 0 Å². The predicted molar refractivity (Wildman–Crippen MR) is 126 cm³/mol. The van der Waals surface area contributed by atoms with Crippen molar-refractivity contribution < 1.29 is 9.59 Å². The highest BCUT2D eigenvalue weighted by molar-refractivity contribution is 6.07. The zero-order valence-electron chi connectivity index (χ0n) is 18.5. The number of rotatable bonds is 4. The maximum atomic E-state index is 12.5. The minimum atomic E-state index is -0.842. The van der Waals surface area contributed by atoms with Crippen LogP contribution in [-0.2, 0) is 30.7 Å². The number of fused-ring (bicyclic) bond motifs is 3. The first-order valence-electron chi connectivity index (χ1n) is 11.1. The van der Waals surface area contributed by atoms with Crippen molar-refractivity contribution in [2.45, 2.75) is 31.5 Å². The number of aromatic nitrogens is 3. The Morgan fingerprint density at radius 2 is 1.76 bits per heavy atom. The van der Waals surface area contributed by atoms with Crippen LogP contribution in [-0.4, -0.2) is 44.4 Å². The number of nitrogens with zero attached hydrogens (tertiary/aromatic N) is 3. The van der Waals surface area contributed by atoms with Gasteiger partial charge in [0.05, 0.1) is 28.7 Å². The Kier molecular flexibility index (Phi) is 4.50. The summed E-state index contributed by atoms with van der Waals surface area (Å²) in [6, 6.07) is 15.0. The highest BCUT2D eigenvalue weighted by Crippen LogP contribution is 2.38. The van der Waals surface area contributed by atoms with Gasteiger partial charge in [-0.3, -0.25) is 19.9 Å². The quantitative estimate of drug-likeness (QED) is 0.405. The Balaban J connectivity index is 1.20. The lowest BCUT2D eigenvalue weighted by atomic mass is 9.95. The number of hydrogen-bond acceptors (Lipinski definition) is 6. The van der Waals surface area contributed by atoms with Gasteiger partial charge in [0.1, 0.15) is 11.4 Å². The number of urea groups is 1. The van der Waals surface area contributed by atoms with Gasteiger partial charge in [-0.05, 0) is 41.5 Å². The molecule has 2 aromatic carbocycles. The number of para-hydroxylation sites is 1. The number of pyridine rings is 1. The molecule has 2 aromatic heterocycles. The second-order valence-corrected chi connectivity index (χ2v) is 8.95. The number of hydrogen-bond donors (Lipinski definition) is 3. The van der Waals surface area contributed by atoms with E-state index in [-0.39, 0.29) is 17.5 Å². The van der Waals surface area contributed by atoms with E-state index in [1.165, 1.54) is 4.90 Å². The van der Waals surface area contributed by atoms with Crippen LogP contribution in [0.2, 0.25) is 0 Å². The molecule has 6 rings (SSSR count). The highest BCUT2D eigenvalue weighted by Gasteiger charge is 2.54. The summed E-state index contributed by atoms with van der Waals surface area (Å²) in [7, 11) is 1.67. The van der Waals surface area contributed by atoms with Gasteiger partial charge in [-0.2, -0.15) is 0 Å². The number of aromatic amines is 1. The predicted octanol–water partition coefficient (Wildman–Crippen LogP) is 1.78. The monoisotopic (exact) mass is 454 g/mol. The number of carbonyl (C=O) groups excluding carboxylic acids is 2. The fraction of sp³-hybridized carbons (Fsp3) is 0.240. The third-order valence-electron chi connectivity index (χ3n) is 6.88. The van der Waals surface area contributed by atoms with Gasteiger partial charge >= 0.3 is 6.03 Å². The average molecular weight is 454 g/mol. The van der Waals surface area contributed by atoms with Crippen LogP contribution in [0.4, 0.5) is 4.79 Å². The highest BCUT2D eigenvalue weighted by atomic mass is 16.2. The van der Waals surface area contributed by atoms with Gasteiger partial charge in [-0.1, -0.05) is 18.2 Å². The van der Waals surface area contributed by atoms with E-state index < -0.39 is 5.54 Å². The largest absolute Gasteiger partial charge is 0.324 e. The van der Waals surface area contributed by atoms with Crippen LogP contribution in [0, 0.1) is 0 Å². The maximum absolute atomic E-state index is 12.5. The lowest BCUT2D eigenvalue weighted by Gasteiger charge is -2.27. The minimum Gasteiger partial charge on any atom is -0.312 e. The van der Waals surface area contributed by atoms with Crippen molar-refractivity contribution in [2.75, 3.05) is 7.05 Å². The molecule has 2 aliphatic rings. The van der Waals surface area contributed by atoms with E-state index in [0.29, 0.717) is 42.7 Å². The summed E-state index contributed by atoms with van der Waals surface area (Å²) in [6.07, 6.45) is 0.990. The number of likely N-dealkylation sites (N-methyl/N-ethyl adjacent to an activating group) is 1. The van der Waals surface area contributed by atoms with E-state index in [4.69, 9.17) is 4.98 Å². The maximum Gasteiger partial charge on any atom is 0.324 e. The van der Waals surface area contributed by atoms with Crippen molar-refractivity contribution in [1.29, 1.82) is 0 Å². The summed E-state index contributed by atoms with van der Waals surface area (Å²) >= 11 is 0. The first-order valence-corrected chi connectivity index (χ1v) is 11.1. The lowest BCUT2D eigenvalue weighted by Crippen LogP contribution is -2.48. The second-order valence-electron chi connectivity index (χ2n) is 8.95. The second kappa shape index (κ2) is 7.46. The van der Waals surface area contributed by atoms with Crippen molar-refractivity contribution in [2.24, 2.45) is 0 Å². The number of H-pyrrole nitrogens is 1. The fourth-order valence-electron chi connectivity index (χ4n) is 4.99. The number of imide groups is 1. The Morgan fingerprint density at radius 3 is 2.56 bits per heavy atom. The molecule has 1 saturated heterocycles. The Labute approximate surface area is 194 Å². The first-order chi connectivity index (χ1) is 16.4. The smallest absolute Gasteiger partial charge is 0.312 e. The van der Waals surface area contributed by atoms with Crippen molar-refractivity contribution in [3.63, 3.8) is 0 Å². The van der Waals surface area contributed by atoms with Crippen molar-refractivity contribution >= 4 is 33.7 Å². The van der Waals surface area contributed by atoms with Gasteiger partial charge in [0.2, 0.25) is 0 Å². The SMILES string of the molecule is CN1C(=O)NC(=O)C12Cc1cc3ccc(CNCc4nc5ccccc5c(=O)[nH]4)nc3cc1C2. The molecule has 1 aliphatic carbocycles. The van der Waals surface area contributed by atoms with Crippen LogP contribution in [0.15, 0.2) is 53.3 Å². The molecule has 1 aliphatic heterocycles. The molecule has 170 valence electrons. The van der Waals surface area contributed by atoms with Crippen LogP contribution in [0.1, 0.15) is 22.6 Å². The molecule has 9 heteroatoms. The fourth-order valence-corrected chi connectivity index (χ4v) is 4.99. The average Bonchev–Trinajstić information content (AvgIpc) is 3.30. The summed E-state index contributed by atoms with van der Waals surface area (Å²) in [4.78, 5) is 50.4. The Bertz CT molecular complexity index is 1560. The molecule has 0 saturated carbocycles. The molecule has 1 unspecified atom stereocenters. The number of amides is 3. The molecule has 9 nitrogen and oxygen atoms in total. The molecule has 3 N–H and O–H groups in total. The van der Waals surface area contributed by atoms with E-state index >= 15 is 0 Å². The third-order valence-corrected chi connectivity index (χ3v) is 6.88. The van der Waals surface area contributed by atoms with Crippen LogP contribution in [0.5, 0.6) is 0 Å². The van der Waals surface area contributed by atoms with E-state index in [9.17, 15) is 14.4 Å². The molecule has 4 aromatic rings. The van der Waals surface area contributed by atoms with Crippen LogP contribution in [0.25, 0.3) is 21.8 Å². The number of benzene rings is 2. The molecule has 34 heavy (non-hydrogen) atoms. The number of carbonyl (C=O) groups is 2. The summed E-state index contributed by atoms with van der Waals surface area (Å²) in [5, 5.41) is 7.29. The van der Waals surface area contributed by atoms with E-state index in [1.807, 2.05) is 36.4 Å². The van der Waals surface area contributed by atoms with Gasteiger partial charge in [0.25, 0.3) is 11.5 Å². The van der Waals surface area contributed by atoms with E-state index in [1.54, 1.807) is 13.1 Å². The zero-order valence-corrected chi connectivity index (χ0v) is 18.5. The van der Waals surface area contributed by atoms with Gasteiger partial charge in [0, 0.05) is 31.8 Å². The molecule has 1 fully saturated rings. The van der Waals surface area contributed by atoms with Gasteiger partial charge in [-0.15, -0.1) is 0 Å². The topological polar surface area (TPSA) is 120 Å². The Morgan fingerprint density at radius 1 is 0.971 bits per heavy atom. The Hall–Kier alpha value is -4.11. The lowest BCUT2D eigenvalue weighted by molar-refractivity contribution is -0.125.